The summed E-state index contributed by atoms with van der Waals surface area (Å²) in [4.78, 5) is 1.30. The smallest absolute Gasteiger partial charge is 0.0306 e. The topological polar surface area (TPSA) is 52.0 Å². The van der Waals surface area contributed by atoms with Crippen molar-refractivity contribution in [1.29, 1.82) is 0 Å². The quantitative estimate of drug-likeness (QED) is 0.790. The molecule has 17 heavy (non-hydrogen) atoms. The van der Waals surface area contributed by atoms with Crippen molar-refractivity contribution in [2.24, 2.45) is 11.5 Å². The highest BCUT2D eigenvalue weighted by Gasteiger charge is 2.17. The molecule has 0 aliphatic carbocycles. The van der Waals surface area contributed by atoms with E-state index >= 15 is 0 Å². The van der Waals surface area contributed by atoms with E-state index in [4.69, 9.17) is 11.5 Å². The molecule has 3 heteroatoms. The Morgan fingerprint density at radius 1 is 1.24 bits per heavy atom. The van der Waals surface area contributed by atoms with Crippen LogP contribution in [0, 0.1) is 0 Å². The predicted molar refractivity (Wildman–Crippen MR) is 77.3 cm³/mol. The predicted octanol–water partition coefficient (Wildman–Crippen LogP) is 3.32. The molecule has 0 amide bonds. The Bertz CT molecular complexity index is 344. The van der Waals surface area contributed by atoms with Crippen LogP contribution in [0.5, 0.6) is 0 Å². The molecule has 0 saturated heterocycles. The Balaban J connectivity index is 2.83. The highest BCUT2D eigenvalue weighted by molar-refractivity contribution is 8.00. The average Bonchev–Trinajstić information content (AvgIpc) is 2.24. The van der Waals surface area contributed by atoms with E-state index in [0.29, 0.717) is 6.54 Å². The minimum Gasteiger partial charge on any atom is -0.330 e. The molecule has 1 atom stereocenters. The van der Waals surface area contributed by atoms with E-state index in [1.54, 1.807) is 0 Å². The molecule has 1 aromatic rings. The van der Waals surface area contributed by atoms with E-state index in [9.17, 15) is 0 Å². The van der Waals surface area contributed by atoms with Crippen molar-refractivity contribution < 1.29 is 0 Å². The monoisotopic (exact) mass is 252 g/mol. The van der Waals surface area contributed by atoms with E-state index in [0.717, 1.165) is 12.8 Å². The minimum absolute atomic E-state index is 0.101. The Hall–Kier alpha value is -0.510. The normalized spacial score (nSPS) is 13.7. The van der Waals surface area contributed by atoms with Gasteiger partial charge in [0.05, 0.1) is 0 Å². The summed E-state index contributed by atoms with van der Waals surface area (Å²) < 4.78 is 0.212. The molecule has 1 aromatic carbocycles. The van der Waals surface area contributed by atoms with Gasteiger partial charge in [-0.05, 0) is 31.0 Å². The summed E-state index contributed by atoms with van der Waals surface area (Å²) in [7, 11) is 0. The van der Waals surface area contributed by atoms with Gasteiger partial charge < -0.3 is 11.5 Å². The van der Waals surface area contributed by atoms with Gasteiger partial charge in [0.1, 0.15) is 0 Å². The van der Waals surface area contributed by atoms with Crippen LogP contribution in [0.1, 0.15) is 45.2 Å². The van der Waals surface area contributed by atoms with E-state index in [-0.39, 0.29) is 10.8 Å². The maximum Gasteiger partial charge on any atom is 0.0306 e. The Labute approximate surface area is 109 Å². The van der Waals surface area contributed by atoms with Crippen molar-refractivity contribution in [2.75, 3.05) is 6.54 Å². The maximum absolute atomic E-state index is 6.23. The molecule has 4 N–H and O–H groups in total. The van der Waals surface area contributed by atoms with Gasteiger partial charge in [0.15, 0.2) is 0 Å². The third-order valence-electron chi connectivity index (χ3n) is 2.45. The van der Waals surface area contributed by atoms with Crippen LogP contribution >= 0.6 is 11.8 Å². The summed E-state index contributed by atoms with van der Waals surface area (Å²) in [6.07, 6.45) is 1.94. The molecule has 2 nitrogen and oxygen atoms in total. The molecule has 0 saturated carbocycles. The number of hydrogen-bond acceptors (Lipinski definition) is 3. The molecule has 0 radical (unpaired) electrons. The molecule has 0 aliphatic heterocycles. The van der Waals surface area contributed by atoms with Crippen molar-refractivity contribution in [2.45, 2.75) is 49.3 Å². The molecular weight excluding hydrogens is 228 g/mol. The molecule has 96 valence electrons. The number of thioether (sulfide) groups is 1. The van der Waals surface area contributed by atoms with Crippen LogP contribution in [0.4, 0.5) is 0 Å². The Morgan fingerprint density at radius 3 is 2.47 bits per heavy atom. The van der Waals surface area contributed by atoms with Crippen molar-refractivity contribution in [1.82, 2.24) is 0 Å². The van der Waals surface area contributed by atoms with Gasteiger partial charge in [0, 0.05) is 15.7 Å². The van der Waals surface area contributed by atoms with Crippen LogP contribution in [0.2, 0.25) is 0 Å². The minimum atomic E-state index is 0.101. The van der Waals surface area contributed by atoms with E-state index in [1.165, 1.54) is 10.5 Å². The van der Waals surface area contributed by atoms with Crippen LogP contribution in [0.15, 0.2) is 29.2 Å². The van der Waals surface area contributed by atoms with Crippen molar-refractivity contribution in [3.8, 4) is 0 Å². The lowest BCUT2D eigenvalue weighted by Gasteiger charge is -2.22. The summed E-state index contributed by atoms with van der Waals surface area (Å²) in [5, 5.41) is 0. The van der Waals surface area contributed by atoms with Crippen molar-refractivity contribution in [3.05, 3.63) is 29.8 Å². The standard InChI is InChI=1S/C14H24N2S/c1-14(2,3)17-13-9-5-4-7-11(13)12(16)8-6-10-15/h4-5,7,9,12H,6,8,10,15-16H2,1-3H3/t12-/m0/s1. The first-order valence-electron chi connectivity index (χ1n) is 6.17. The van der Waals surface area contributed by atoms with Gasteiger partial charge in [-0.2, -0.15) is 0 Å². The van der Waals surface area contributed by atoms with Gasteiger partial charge in [-0.1, -0.05) is 39.0 Å². The molecule has 0 bridgehead atoms. The van der Waals surface area contributed by atoms with Crippen molar-refractivity contribution >= 4 is 11.8 Å². The van der Waals surface area contributed by atoms with Gasteiger partial charge in [-0.25, -0.2) is 0 Å². The highest BCUT2D eigenvalue weighted by atomic mass is 32.2. The van der Waals surface area contributed by atoms with Crippen LogP contribution in [-0.2, 0) is 0 Å². The fourth-order valence-electron chi connectivity index (χ4n) is 1.70. The summed E-state index contributed by atoms with van der Waals surface area (Å²) in [5.41, 5.74) is 13.0. The van der Waals surface area contributed by atoms with E-state index < -0.39 is 0 Å². The summed E-state index contributed by atoms with van der Waals surface area (Å²) in [5.74, 6) is 0. The van der Waals surface area contributed by atoms with Crippen LogP contribution in [0.25, 0.3) is 0 Å². The largest absolute Gasteiger partial charge is 0.330 e. The summed E-state index contributed by atoms with van der Waals surface area (Å²) >= 11 is 1.88. The van der Waals surface area contributed by atoms with Crippen LogP contribution < -0.4 is 11.5 Å². The zero-order valence-electron chi connectivity index (χ0n) is 11.1. The molecular formula is C14H24N2S. The van der Waals surface area contributed by atoms with Crippen LogP contribution in [0.3, 0.4) is 0 Å². The SMILES string of the molecule is CC(C)(C)Sc1ccccc1[C@@H](N)CCCN. The third-order valence-corrected chi connectivity index (χ3v) is 3.66. The van der Waals surface area contributed by atoms with Gasteiger partial charge >= 0.3 is 0 Å². The molecule has 0 aromatic heterocycles. The fraction of sp³-hybridized carbons (Fsp3) is 0.571. The summed E-state index contributed by atoms with van der Waals surface area (Å²) in [6.45, 7) is 7.38. The highest BCUT2D eigenvalue weighted by Crippen LogP contribution is 2.36. The number of benzene rings is 1. The van der Waals surface area contributed by atoms with Gasteiger partial charge in [0.25, 0.3) is 0 Å². The van der Waals surface area contributed by atoms with Gasteiger partial charge in [-0.15, -0.1) is 11.8 Å². The molecule has 0 heterocycles. The van der Waals surface area contributed by atoms with Gasteiger partial charge in [-0.3, -0.25) is 0 Å². The lowest BCUT2D eigenvalue weighted by atomic mass is 10.0. The van der Waals surface area contributed by atoms with Gasteiger partial charge in [0.2, 0.25) is 0 Å². The Morgan fingerprint density at radius 2 is 1.88 bits per heavy atom. The summed E-state index contributed by atoms with van der Waals surface area (Å²) in [6, 6.07) is 8.53. The molecule has 0 unspecified atom stereocenters. The zero-order chi connectivity index (χ0) is 12.9. The zero-order valence-corrected chi connectivity index (χ0v) is 11.9. The molecule has 1 rings (SSSR count). The first kappa shape index (κ1) is 14.6. The van der Waals surface area contributed by atoms with E-state index in [2.05, 4.69) is 45.0 Å². The number of rotatable bonds is 5. The first-order valence-corrected chi connectivity index (χ1v) is 6.99. The second-order valence-electron chi connectivity index (χ2n) is 5.29. The maximum atomic E-state index is 6.23. The fourth-order valence-corrected chi connectivity index (χ4v) is 2.85. The lowest BCUT2D eigenvalue weighted by molar-refractivity contribution is 0.609. The number of nitrogens with two attached hydrogens (primary N) is 2. The second-order valence-corrected chi connectivity index (χ2v) is 7.16. The second kappa shape index (κ2) is 6.43. The van der Waals surface area contributed by atoms with Crippen molar-refractivity contribution in [3.63, 3.8) is 0 Å². The molecule has 0 spiro atoms. The Kier molecular flexibility index (Phi) is 5.50. The lowest BCUT2D eigenvalue weighted by Crippen LogP contribution is -2.15. The number of hydrogen-bond donors (Lipinski definition) is 2. The van der Waals surface area contributed by atoms with Crippen LogP contribution in [-0.4, -0.2) is 11.3 Å². The third kappa shape index (κ3) is 5.11. The van der Waals surface area contributed by atoms with E-state index in [1.807, 2.05) is 11.8 Å². The average molecular weight is 252 g/mol. The molecule has 0 aliphatic rings. The molecule has 0 fully saturated rings. The first-order chi connectivity index (χ1) is 7.94.